The van der Waals surface area contributed by atoms with Gasteiger partial charge in [0, 0.05) is 21.9 Å². The Morgan fingerprint density at radius 3 is 2.64 bits per heavy atom. The number of aromatic nitrogens is 1. The summed E-state index contributed by atoms with van der Waals surface area (Å²) >= 11 is 3.23. The predicted molar refractivity (Wildman–Crippen MR) is 77.9 cm³/mol. The van der Waals surface area contributed by atoms with E-state index in [1.807, 2.05) is 0 Å². The van der Waals surface area contributed by atoms with Crippen molar-refractivity contribution in [2.45, 2.75) is 6.18 Å². The summed E-state index contributed by atoms with van der Waals surface area (Å²) in [5, 5.41) is 2.39. The first-order chi connectivity index (χ1) is 10.3. The van der Waals surface area contributed by atoms with Crippen LogP contribution in [0, 0.1) is 0 Å². The standard InChI is InChI=1S/C14H10BrF3N2O2/c1-22-11-5-8(4-9(15)6-11)13(21)20-10-2-3-19-12(7-10)14(16,17)18/h2-7H,1H3,(H,19,20,21). The minimum atomic E-state index is -4.57. The molecule has 0 aliphatic rings. The highest BCUT2D eigenvalue weighted by Gasteiger charge is 2.32. The molecule has 0 saturated heterocycles. The smallest absolute Gasteiger partial charge is 0.433 e. The van der Waals surface area contributed by atoms with Gasteiger partial charge in [0.15, 0.2) is 0 Å². The number of rotatable bonds is 3. The molecule has 0 radical (unpaired) electrons. The molecule has 0 fully saturated rings. The number of halogens is 4. The Balaban J connectivity index is 2.24. The van der Waals surface area contributed by atoms with Gasteiger partial charge in [0.25, 0.3) is 5.91 Å². The van der Waals surface area contributed by atoms with Crippen LogP contribution in [0.15, 0.2) is 41.0 Å². The number of anilines is 1. The van der Waals surface area contributed by atoms with Gasteiger partial charge in [0.2, 0.25) is 0 Å². The van der Waals surface area contributed by atoms with Crippen LogP contribution in [0.2, 0.25) is 0 Å². The molecule has 1 amide bonds. The lowest BCUT2D eigenvalue weighted by Gasteiger charge is -2.10. The quantitative estimate of drug-likeness (QED) is 0.878. The third kappa shape index (κ3) is 3.97. The zero-order chi connectivity index (χ0) is 16.3. The number of nitrogens with zero attached hydrogens (tertiary/aromatic N) is 1. The summed E-state index contributed by atoms with van der Waals surface area (Å²) in [7, 11) is 1.45. The fourth-order valence-electron chi connectivity index (χ4n) is 1.68. The Bertz CT molecular complexity index is 705. The maximum Gasteiger partial charge on any atom is 0.433 e. The molecule has 1 aromatic heterocycles. The highest BCUT2D eigenvalue weighted by Crippen LogP contribution is 2.29. The number of hydrogen-bond acceptors (Lipinski definition) is 3. The number of nitrogens with one attached hydrogen (secondary N) is 1. The van der Waals surface area contributed by atoms with E-state index in [9.17, 15) is 18.0 Å². The van der Waals surface area contributed by atoms with Crippen LogP contribution in [-0.2, 0) is 6.18 Å². The Morgan fingerprint density at radius 2 is 2.00 bits per heavy atom. The largest absolute Gasteiger partial charge is 0.497 e. The number of benzene rings is 1. The van der Waals surface area contributed by atoms with Crippen molar-refractivity contribution in [3.05, 3.63) is 52.3 Å². The average molecular weight is 375 g/mol. The van der Waals surface area contributed by atoms with Crippen LogP contribution >= 0.6 is 15.9 Å². The molecular formula is C14H10BrF3N2O2. The van der Waals surface area contributed by atoms with Gasteiger partial charge >= 0.3 is 6.18 Å². The van der Waals surface area contributed by atoms with Crippen molar-refractivity contribution >= 4 is 27.5 Å². The first kappa shape index (κ1) is 16.3. The molecular weight excluding hydrogens is 365 g/mol. The van der Waals surface area contributed by atoms with E-state index in [0.717, 1.165) is 12.3 Å². The summed E-state index contributed by atoms with van der Waals surface area (Å²) in [5.74, 6) is -0.107. The van der Waals surface area contributed by atoms with Gasteiger partial charge in [-0.25, -0.2) is 0 Å². The maximum atomic E-state index is 12.6. The van der Waals surface area contributed by atoms with E-state index in [0.29, 0.717) is 10.2 Å². The Kier molecular flexibility index (Phi) is 4.70. The number of amides is 1. The van der Waals surface area contributed by atoms with Gasteiger partial charge in [0.05, 0.1) is 7.11 Å². The lowest BCUT2D eigenvalue weighted by Crippen LogP contribution is -2.14. The van der Waals surface area contributed by atoms with Gasteiger partial charge in [-0.3, -0.25) is 9.78 Å². The van der Waals surface area contributed by atoms with Crippen LogP contribution in [0.25, 0.3) is 0 Å². The molecule has 116 valence electrons. The summed E-state index contributed by atoms with van der Waals surface area (Å²) in [6.45, 7) is 0. The molecule has 8 heteroatoms. The third-order valence-electron chi connectivity index (χ3n) is 2.68. The first-order valence-electron chi connectivity index (χ1n) is 5.99. The highest BCUT2D eigenvalue weighted by molar-refractivity contribution is 9.10. The lowest BCUT2D eigenvalue weighted by atomic mass is 10.2. The Morgan fingerprint density at radius 1 is 1.27 bits per heavy atom. The van der Waals surface area contributed by atoms with Gasteiger partial charge in [-0.1, -0.05) is 15.9 Å². The Hall–Kier alpha value is -2.09. The van der Waals surface area contributed by atoms with Crippen LogP contribution in [0.3, 0.4) is 0 Å². The second-order valence-electron chi connectivity index (χ2n) is 4.26. The summed E-state index contributed by atoms with van der Waals surface area (Å²) < 4.78 is 43.4. The average Bonchev–Trinajstić information content (AvgIpc) is 2.46. The van der Waals surface area contributed by atoms with Crippen molar-refractivity contribution in [3.8, 4) is 5.75 Å². The molecule has 1 aromatic carbocycles. The molecule has 0 aliphatic heterocycles. The third-order valence-corrected chi connectivity index (χ3v) is 3.14. The zero-order valence-corrected chi connectivity index (χ0v) is 12.8. The number of carbonyl (C=O) groups excluding carboxylic acids is 1. The molecule has 0 saturated carbocycles. The summed E-state index contributed by atoms with van der Waals surface area (Å²) in [6.07, 6.45) is -3.58. The zero-order valence-electron chi connectivity index (χ0n) is 11.2. The predicted octanol–water partition coefficient (Wildman–Crippen LogP) is 4.12. The second-order valence-corrected chi connectivity index (χ2v) is 5.18. The molecule has 0 spiro atoms. The van der Waals surface area contributed by atoms with E-state index in [4.69, 9.17) is 4.74 Å². The normalized spacial score (nSPS) is 11.1. The van der Waals surface area contributed by atoms with E-state index in [2.05, 4.69) is 26.2 Å². The molecule has 1 heterocycles. The number of pyridine rings is 1. The molecule has 0 bridgehead atoms. The highest BCUT2D eigenvalue weighted by atomic mass is 79.9. The lowest BCUT2D eigenvalue weighted by molar-refractivity contribution is -0.141. The minimum absolute atomic E-state index is 0.00580. The van der Waals surface area contributed by atoms with E-state index in [-0.39, 0.29) is 11.3 Å². The molecule has 0 atom stereocenters. The van der Waals surface area contributed by atoms with Crippen LogP contribution in [-0.4, -0.2) is 18.0 Å². The van der Waals surface area contributed by atoms with Crippen LogP contribution in [0.1, 0.15) is 16.1 Å². The fraction of sp³-hybridized carbons (Fsp3) is 0.143. The van der Waals surface area contributed by atoms with Crippen molar-refractivity contribution in [1.82, 2.24) is 4.98 Å². The van der Waals surface area contributed by atoms with Crippen LogP contribution in [0.4, 0.5) is 18.9 Å². The van der Waals surface area contributed by atoms with E-state index < -0.39 is 17.8 Å². The van der Waals surface area contributed by atoms with E-state index in [1.54, 1.807) is 6.07 Å². The second kappa shape index (κ2) is 6.35. The van der Waals surface area contributed by atoms with Crippen molar-refractivity contribution in [2.24, 2.45) is 0 Å². The van der Waals surface area contributed by atoms with Gasteiger partial charge in [-0.2, -0.15) is 13.2 Å². The SMILES string of the molecule is COc1cc(Br)cc(C(=O)Nc2ccnc(C(F)(F)F)c2)c1. The number of hydrogen-bond donors (Lipinski definition) is 1. The van der Waals surface area contributed by atoms with Gasteiger partial charge in [0.1, 0.15) is 11.4 Å². The minimum Gasteiger partial charge on any atom is -0.497 e. The number of methoxy groups -OCH3 is 1. The first-order valence-corrected chi connectivity index (χ1v) is 6.78. The molecule has 22 heavy (non-hydrogen) atoms. The van der Waals surface area contributed by atoms with Crippen LogP contribution < -0.4 is 10.1 Å². The van der Waals surface area contributed by atoms with Crippen molar-refractivity contribution in [2.75, 3.05) is 12.4 Å². The molecule has 4 nitrogen and oxygen atoms in total. The topological polar surface area (TPSA) is 51.2 Å². The summed E-state index contributed by atoms with van der Waals surface area (Å²) in [5.41, 5.74) is -0.819. The van der Waals surface area contributed by atoms with E-state index >= 15 is 0 Å². The Labute approximate surface area is 132 Å². The monoisotopic (exact) mass is 374 g/mol. The maximum absolute atomic E-state index is 12.6. The number of ether oxygens (including phenoxy) is 1. The number of alkyl halides is 3. The van der Waals surface area contributed by atoms with Gasteiger partial charge in [-0.05, 0) is 30.3 Å². The van der Waals surface area contributed by atoms with Crippen molar-refractivity contribution in [3.63, 3.8) is 0 Å². The fourth-order valence-corrected chi connectivity index (χ4v) is 2.15. The molecule has 1 N–H and O–H groups in total. The molecule has 2 aromatic rings. The molecule has 0 aliphatic carbocycles. The van der Waals surface area contributed by atoms with Crippen molar-refractivity contribution < 1.29 is 22.7 Å². The summed E-state index contributed by atoms with van der Waals surface area (Å²) in [6, 6.07) is 6.72. The van der Waals surface area contributed by atoms with Gasteiger partial charge in [-0.15, -0.1) is 0 Å². The molecule has 0 unspecified atom stereocenters. The summed E-state index contributed by atoms with van der Waals surface area (Å²) in [4.78, 5) is 15.3. The number of carbonyl (C=O) groups is 1. The van der Waals surface area contributed by atoms with Gasteiger partial charge < -0.3 is 10.1 Å². The van der Waals surface area contributed by atoms with Crippen molar-refractivity contribution in [1.29, 1.82) is 0 Å². The molecule has 2 rings (SSSR count). The van der Waals surface area contributed by atoms with E-state index in [1.165, 1.54) is 25.3 Å². The van der Waals surface area contributed by atoms with Crippen LogP contribution in [0.5, 0.6) is 5.75 Å².